The van der Waals surface area contributed by atoms with Crippen LogP contribution in [0.15, 0.2) is 58.6 Å². The summed E-state index contributed by atoms with van der Waals surface area (Å²) in [5, 5.41) is 5.33. The second kappa shape index (κ2) is 8.05. The minimum absolute atomic E-state index is 0.0282. The van der Waals surface area contributed by atoms with Gasteiger partial charge in [0.1, 0.15) is 17.8 Å². The highest BCUT2D eigenvalue weighted by atomic mass is 19.4. The summed E-state index contributed by atoms with van der Waals surface area (Å²) >= 11 is 0. The lowest BCUT2D eigenvalue weighted by Crippen LogP contribution is -2.41. The Bertz CT molecular complexity index is 1100. The third-order valence-corrected chi connectivity index (χ3v) is 5.06. The van der Waals surface area contributed by atoms with Crippen molar-refractivity contribution in [3.05, 3.63) is 76.9 Å². The van der Waals surface area contributed by atoms with E-state index in [4.69, 9.17) is 0 Å². The Balaban J connectivity index is 1.67. The maximum absolute atomic E-state index is 14.2. The number of benzene rings is 2. The molecule has 1 unspecified atom stereocenters. The number of halogens is 5. The smallest absolute Gasteiger partial charge is 0.272 e. The van der Waals surface area contributed by atoms with Gasteiger partial charge in [-0.25, -0.2) is 13.8 Å². The summed E-state index contributed by atoms with van der Waals surface area (Å²) in [4.78, 5) is 17.1. The van der Waals surface area contributed by atoms with Crippen LogP contribution in [0, 0.1) is 11.6 Å². The summed E-state index contributed by atoms with van der Waals surface area (Å²) in [5.74, 6) is -1.97. The van der Waals surface area contributed by atoms with Gasteiger partial charge in [0.15, 0.2) is 0 Å². The van der Waals surface area contributed by atoms with Gasteiger partial charge in [0, 0.05) is 30.7 Å². The van der Waals surface area contributed by atoms with E-state index in [1.54, 1.807) is 6.08 Å². The number of rotatable bonds is 2. The first kappa shape index (κ1) is 20.9. The number of hydrogen-bond acceptors (Lipinski definition) is 3. The van der Waals surface area contributed by atoms with Crippen molar-refractivity contribution in [2.45, 2.75) is 31.6 Å². The Morgan fingerprint density at radius 3 is 2.45 bits per heavy atom. The average Bonchev–Trinajstić information content (AvgIpc) is 2.68. The highest BCUT2D eigenvalue weighted by Gasteiger charge is 2.33. The van der Waals surface area contributed by atoms with Gasteiger partial charge in [0.25, 0.3) is 5.91 Å². The van der Waals surface area contributed by atoms with Crippen LogP contribution in [0.1, 0.15) is 36.0 Å². The van der Waals surface area contributed by atoms with Gasteiger partial charge in [-0.15, -0.1) is 0 Å². The second-order valence-corrected chi connectivity index (χ2v) is 7.14. The highest BCUT2D eigenvalue weighted by molar-refractivity contribution is 6.12. The number of fused-ring (bicyclic) bond motifs is 1. The first-order valence-electron chi connectivity index (χ1n) is 9.45. The molecule has 2 aliphatic heterocycles. The Morgan fingerprint density at radius 2 is 1.77 bits per heavy atom. The van der Waals surface area contributed by atoms with Gasteiger partial charge in [-0.05, 0) is 35.4 Å². The number of carbonyl (C=O) groups excluding carboxylic acids is 1. The van der Waals surface area contributed by atoms with Crippen LogP contribution >= 0.6 is 0 Å². The van der Waals surface area contributed by atoms with E-state index in [-0.39, 0.29) is 24.1 Å². The van der Waals surface area contributed by atoms with Gasteiger partial charge >= 0.3 is 6.18 Å². The van der Waals surface area contributed by atoms with E-state index in [1.165, 1.54) is 29.4 Å². The van der Waals surface area contributed by atoms with Crippen molar-refractivity contribution < 1.29 is 26.7 Å². The number of carbonyl (C=O) groups is 1. The maximum Gasteiger partial charge on any atom is 0.416 e. The molecule has 4 rings (SSSR count). The minimum Gasteiger partial charge on any atom is -0.272 e. The number of alkyl halides is 3. The lowest BCUT2D eigenvalue weighted by Gasteiger charge is -2.31. The Labute approximate surface area is 174 Å². The fourth-order valence-electron chi connectivity index (χ4n) is 3.55. The number of hydrogen-bond donors (Lipinski definition) is 0. The van der Waals surface area contributed by atoms with Gasteiger partial charge in [0.2, 0.25) is 0 Å². The van der Waals surface area contributed by atoms with Crippen LogP contribution < -0.4 is 0 Å². The highest BCUT2D eigenvalue weighted by Crippen LogP contribution is 2.33. The molecular weight excluding hydrogens is 417 g/mol. The zero-order chi connectivity index (χ0) is 22.2. The van der Waals surface area contributed by atoms with Gasteiger partial charge in [-0.1, -0.05) is 18.2 Å². The molecule has 0 aliphatic carbocycles. The minimum atomic E-state index is -4.44. The first-order chi connectivity index (χ1) is 14.7. The molecule has 1 atom stereocenters. The number of allylic oxidation sites excluding steroid dienone is 1. The molecule has 4 nitrogen and oxygen atoms in total. The van der Waals surface area contributed by atoms with E-state index in [0.717, 1.165) is 24.3 Å². The van der Waals surface area contributed by atoms with Crippen molar-refractivity contribution >= 4 is 23.4 Å². The van der Waals surface area contributed by atoms with E-state index in [0.29, 0.717) is 17.6 Å². The normalized spacial score (nSPS) is 19.3. The van der Waals surface area contributed by atoms with Gasteiger partial charge in [0.05, 0.1) is 17.7 Å². The molecule has 0 saturated carbocycles. The molecule has 2 heterocycles. The first-order valence-corrected chi connectivity index (χ1v) is 9.45. The quantitative estimate of drug-likeness (QED) is 0.601. The lowest BCUT2D eigenvalue weighted by atomic mass is 9.96. The Hall–Kier alpha value is -3.36. The Kier molecular flexibility index (Phi) is 5.43. The topological polar surface area (TPSA) is 45.0 Å². The Morgan fingerprint density at radius 1 is 1.03 bits per heavy atom. The van der Waals surface area contributed by atoms with Crippen molar-refractivity contribution in [3.63, 3.8) is 0 Å². The summed E-state index contributed by atoms with van der Waals surface area (Å²) in [6.45, 7) is 0. The lowest BCUT2D eigenvalue weighted by molar-refractivity contribution is -0.137. The average molecular weight is 433 g/mol. The van der Waals surface area contributed by atoms with Crippen LogP contribution in [0.5, 0.6) is 0 Å². The molecule has 0 radical (unpaired) electrons. The van der Waals surface area contributed by atoms with E-state index in [1.807, 2.05) is 0 Å². The second-order valence-electron chi connectivity index (χ2n) is 7.14. The zero-order valence-corrected chi connectivity index (χ0v) is 16.0. The number of aliphatic imine (C=N–C) groups is 1. The van der Waals surface area contributed by atoms with Crippen molar-refractivity contribution in [2.24, 2.45) is 10.1 Å². The van der Waals surface area contributed by atoms with Crippen molar-refractivity contribution in [1.29, 1.82) is 0 Å². The maximum atomic E-state index is 14.2. The molecule has 0 aromatic heterocycles. The van der Waals surface area contributed by atoms with Crippen LogP contribution in [0.4, 0.5) is 22.0 Å². The molecule has 9 heteroatoms. The molecule has 2 aliphatic rings. The fraction of sp³-hybridized carbons (Fsp3) is 0.227. The van der Waals surface area contributed by atoms with Crippen molar-refractivity contribution in [1.82, 2.24) is 5.01 Å². The van der Waals surface area contributed by atoms with Crippen LogP contribution in [-0.2, 0) is 11.0 Å². The van der Waals surface area contributed by atoms with Crippen LogP contribution in [0.25, 0.3) is 5.57 Å². The predicted octanol–water partition coefficient (Wildman–Crippen LogP) is 5.19. The summed E-state index contributed by atoms with van der Waals surface area (Å²) in [7, 11) is 0. The number of hydrazone groups is 1. The fourth-order valence-corrected chi connectivity index (χ4v) is 3.55. The van der Waals surface area contributed by atoms with Crippen molar-refractivity contribution in [3.8, 4) is 0 Å². The van der Waals surface area contributed by atoms with E-state index < -0.39 is 35.4 Å². The zero-order valence-electron chi connectivity index (χ0n) is 16.0. The number of amides is 1. The largest absolute Gasteiger partial charge is 0.416 e. The molecule has 1 amide bonds. The molecular formula is C22H16F5N3O. The molecule has 160 valence electrons. The summed E-state index contributed by atoms with van der Waals surface area (Å²) in [6, 6.07) is 7.76. The third-order valence-electron chi connectivity index (χ3n) is 5.06. The van der Waals surface area contributed by atoms with Gasteiger partial charge in [-0.2, -0.15) is 18.3 Å². The molecule has 0 fully saturated rings. The molecule has 31 heavy (non-hydrogen) atoms. The third kappa shape index (κ3) is 4.40. The summed E-state index contributed by atoms with van der Waals surface area (Å²) in [6.07, 6.45) is -1.56. The van der Waals surface area contributed by atoms with E-state index >= 15 is 0 Å². The van der Waals surface area contributed by atoms with Gasteiger partial charge < -0.3 is 0 Å². The van der Waals surface area contributed by atoms with Crippen LogP contribution in [0.2, 0.25) is 0 Å². The monoisotopic (exact) mass is 433 g/mol. The van der Waals surface area contributed by atoms with Crippen LogP contribution in [-0.4, -0.2) is 29.0 Å². The molecule has 0 N–H and O–H groups in total. The molecule has 0 spiro atoms. The molecule has 0 bridgehead atoms. The standard InChI is InChI=1S/C22H16F5N3O/c23-16-7-8-17(18(24)11-16)19-12-21(31)30-20(29-19)10-14(2-1-9-28-30)13-3-5-15(6-4-13)22(25,26)27/h2-9,11,20H,1,10,12H2. The number of nitrogens with zero attached hydrogens (tertiary/aromatic N) is 3. The van der Waals surface area contributed by atoms with E-state index in [2.05, 4.69) is 10.1 Å². The molecule has 0 saturated heterocycles. The van der Waals surface area contributed by atoms with E-state index in [9.17, 15) is 26.7 Å². The van der Waals surface area contributed by atoms with Gasteiger partial charge in [-0.3, -0.25) is 9.79 Å². The predicted molar refractivity (Wildman–Crippen MR) is 105 cm³/mol. The molecule has 2 aromatic carbocycles. The summed E-state index contributed by atoms with van der Waals surface area (Å²) in [5.41, 5.74) is 0.691. The van der Waals surface area contributed by atoms with Crippen LogP contribution in [0.3, 0.4) is 0 Å². The molecule has 2 aromatic rings. The summed E-state index contributed by atoms with van der Waals surface area (Å²) < 4.78 is 66.1. The van der Waals surface area contributed by atoms with Crippen molar-refractivity contribution in [2.75, 3.05) is 0 Å². The SMILES string of the molecule is O=C1CC(c2ccc(F)cc2F)=NC2CC(c3ccc(C(F)(F)F)cc3)=CCC=NN12.